The molecule has 2 aliphatic rings. The van der Waals surface area contributed by atoms with Crippen LogP contribution in [0.4, 0.5) is 10.1 Å². The molecular weight excluding hydrogens is 269 g/mol. The van der Waals surface area contributed by atoms with Crippen molar-refractivity contribution in [2.75, 3.05) is 31.9 Å². The van der Waals surface area contributed by atoms with Crippen molar-refractivity contribution in [3.8, 4) is 0 Å². The van der Waals surface area contributed by atoms with E-state index in [2.05, 4.69) is 4.90 Å². The summed E-state index contributed by atoms with van der Waals surface area (Å²) in [7, 11) is 0. The Balaban J connectivity index is 1.71. The van der Waals surface area contributed by atoms with Crippen molar-refractivity contribution in [2.24, 2.45) is 0 Å². The normalized spacial score (nSPS) is 23.0. The molecule has 4 nitrogen and oxygen atoms in total. The number of carbonyl (C=O) groups excluding carboxylic acids is 1. The number of carbonyl (C=O) groups is 1. The Labute approximate surface area is 124 Å². The van der Waals surface area contributed by atoms with E-state index in [-0.39, 0.29) is 5.91 Å². The van der Waals surface area contributed by atoms with E-state index < -0.39 is 5.82 Å². The number of likely N-dealkylation sites (tertiary alicyclic amines) is 2. The van der Waals surface area contributed by atoms with Crippen LogP contribution in [-0.4, -0.2) is 47.9 Å². The molecule has 1 aromatic carbocycles. The predicted molar refractivity (Wildman–Crippen MR) is 80.7 cm³/mol. The average Bonchev–Trinajstić information content (AvgIpc) is 3.13. The largest absolute Gasteiger partial charge is 0.398 e. The molecule has 2 heterocycles. The molecule has 21 heavy (non-hydrogen) atoms. The van der Waals surface area contributed by atoms with Crippen LogP contribution in [0.3, 0.4) is 0 Å². The van der Waals surface area contributed by atoms with Gasteiger partial charge in [-0.3, -0.25) is 9.69 Å². The Morgan fingerprint density at radius 2 is 2.00 bits per heavy atom. The molecule has 1 aromatic rings. The summed E-state index contributed by atoms with van der Waals surface area (Å²) >= 11 is 0. The first-order valence-corrected chi connectivity index (χ1v) is 7.65. The summed E-state index contributed by atoms with van der Waals surface area (Å²) in [4.78, 5) is 16.8. The first-order valence-electron chi connectivity index (χ1n) is 7.65. The minimum absolute atomic E-state index is 0.109. The Bertz CT molecular complexity index is 531. The predicted octanol–water partition coefficient (Wildman–Crippen LogP) is 2.03. The number of anilines is 1. The Morgan fingerprint density at radius 3 is 2.67 bits per heavy atom. The molecule has 1 atom stereocenters. The first kappa shape index (κ1) is 14.3. The fourth-order valence-corrected chi connectivity index (χ4v) is 3.34. The van der Waals surface area contributed by atoms with Crippen LogP contribution in [0, 0.1) is 12.7 Å². The second-order valence-corrected chi connectivity index (χ2v) is 6.11. The van der Waals surface area contributed by atoms with Gasteiger partial charge in [-0.15, -0.1) is 0 Å². The maximum absolute atomic E-state index is 13.8. The zero-order valence-corrected chi connectivity index (χ0v) is 12.4. The minimum Gasteiger partial charge on any atom is -0.398 e. The molecule has 5 heteroatoms. The molecule has 2 saturated heterocycles. The highest BCUT2D eigenvalue weighted by Crippen LogP contribution is 2.24. The lowest BCUT2D eigenvalue weighted by molar-refractivity contribution is 0.0779. The summed E-state index contributed by atoms with van der Waals surface area (Å²) in [6.07, 6.45) is 3.52. The van der Waals surface area contributed by atoms with E-state index in [1.54, 1.807) is 13.0 Å². The fourth-order valence-electron chi connectivity index (χ4n) is 3.34. The van der Waals surface area contributed by atoms with Gasteiger partial charge < -0.3 is 10.6 Å². The SMILES string of the molecule is Cc1c(N)cc(C(=O)N2CCC(N3CCCC3)C2)cc1F. The molecule has 0 radical (unpaired) electrons. The van der Waals surface area contributed by atoms with Crippen molar-refractivity contribution in [1.29, 1.82) is 0 Å². The minimum atomic E-state index is -0.409. The van der Waals surface area contributed by atoms with Crippen molar-refractivity contribution in [3.05, 3.63) is 29.1 Å². The number of nitrogens with zero attached hydrogens (tertiary/aromatic N) is 2. The Hall–Kier alpha value is -1.62. The number of nitrogen functional groups attached to an aromatic ring is 1. The van der Waals surface area contributed by atoms with Crippen molar-refractivity contribution >= 4 is 11.6 Å². The quantitative estimate of drug-likeness (QED) is 0.848. The number of benzene rings is 1. The third-order valence-electron chi connectivity index (χ3n) is 4.74. The maximum Gasteiger partial charge on any atom is 0.254 e. The lowest BCUT2D eigenvalue weighted by atomic mass is 10.1. The number of nitrogens with two attached hydrogens (primary N) is 1. The van der Waals surface area contributed by atoms with Crippen molar-refractivity contribution in [1.82, 2.24) is 9.80 Å². The summed E-state index contributed by atoms with van der Waals surface area (Å²) in [6, 6.07) is 3.35. The third kappa shape index (κ3) is 2.75. The number of halogens is 1. The Kier molecular flexibility index (Phi) is 3.85. The van der Waals surface area contributed by atoms with Gasteiger partial charge in [-0.1, -0.05) is 0 Å². The molecule has 1 amide bonds. The summed E-state index contributed by atoms with van der Waals surface area (Å²) in [5, 5.41) is 0. The van der Waals surface area contributed by atoms with Gasteiger partial charge in [0.1, 0.15) is 5.82 Å². The van der Waals surface area contributed by atoms with E-state index in [4.69, 9.17) is 5.73 Å². The molecule has 2 aliphatic heterocycles. The second kappa shape index (κ2) is 5.64. The molecule has 0 aromatic heterocycles. The van der Waals surface area contributed by atoms with Gasteiger partial charge in [-0.2, -0.15) is 0 Å². The van der Waals surface area contributed by atoms with Crippen LogP contribution >= 0.6 is 0 Å². The fraction of sp³-hybridized carbons (Fsp3) is 0.562. The number of hydrogen-bond acceptors (Lipinski definition) is 3. The van der Waals surface area contributed by atoms with E-state index in [1.807, 2.05) is 4.90 Å². The maximum atomic E-state index is 13.8. The van der Waals surface area contributed by atoms with Gasteiger partial charge in [0.2, 0.25) is 0 Å². The van der Waals surface area contributed by atoms with Gasteiger partial charge in [0, 0.05) is 35.9 Å². The van der Waals surface area contributed by atoms with Gasteiger partial charge in [-0.25, -0.2) is 4.39 Å². The smallest absolute Gasteiger partial charge is 0.254 e. The Morgan fingerprint density at radius 1 is 1.29 bits per heavy atom. The van der Waals surface area contributed by atoms with Crippen LogP contribution in [0.5, 0.6) is 0 Å². The van der Waals surface area contributed by atoms with Gasteiger partial charge in [0.25, 0.3) is 5.91 Å². The highest BCUT2D eigenvalue weighted by molar-refractivity contribution is 5.95. The van der Waals surface area contributed by atoms with Crippen molar-refractivity contribution < 1.29 is 9.18 Å². The molecule has 114 valence electrons. The van der Waals surface area contributed by atoms with E-state index in [0.29, 0.717) is 22.9 Å². The molecular formula is C16H22FN3O. The van der Waals surface area contributed by atoms with Gasteiger partial charge in [-0.05, 0) is 51.4 Å². The molecule has 3 rings (SSSR count). The number of hydrogen-bond donors (Lipinski definition) is 1. The number of amides is 1. The highest BCUT2D eigenvalue weighted by atomic mass is 19.1. The summed E-state index contributed by atoms with van der Waals surface area (Å²) in [6.45, 7) is 5.39. The zero-order chi connectivity index (χ0) is 15.0. The van der Waals surface area contributed by atoms with Crippen LogP contribution in [0.1, 0.15) is 35.2 Å². The monoisotopic (exact) mass is 291 g/mol. The summed E-state index contributed by atoms with van der Waals surface area (Å²) < 4.78 is 13.8. The third-order valence-corrected chi connectivity index (χ3v) is 4.74. The lowest BCUT2D eigenvalue weighted by Gasteiger charge is -2.23. The van der Waals surface area contributed by atoms with Crippen molar-refractivity contribution in [2.45, 2.75) is 32.2 Å². The van der Waals surface area contributed by atoms with Gasteiger partial charge in [0.15, 0.2) is 0 Å². The molecule has 0 aliphatic carbocycles. The average molecular weight is 291 g/mol. The summed E-state index contributed by atoms with van der Waals surface area (Å²) in [5.74, 6) is -0.518. The lowest BCUT2D eigenvalue weighted by Crippen LogP contribution is -2.37. The van der Waals surface area contributed by atoms with Crippen LogP contribution < -0.4 is 5.73 Å². The molecule has 0 bridgehead atoms. The summed E-state index contributed by atoms with van der Waals surface area (Å²) in [5.41, 5.74) is 6.87. The molecule has 0 saturated carbocycles. The van der Waals surface area contributed by atoms with Crippen LogP contribution in [0.25, 0.3) is 0 Å². The molecule has 2 fully saturated rings. The first-order chi connectivity index (χ1) is 10.1. The topological polar surface area (TPSA) is 49.6 Å². The van der Waals surface area contributed by atoms with Crippen molar-refractivity contribution in [3.63, 3.8) is 0 Å². The van der Waals surface area contributed by atoms with E-state index in [1.165, 1.54) is 18.9 Å². The van der Waals surface area contributed by atoms with E-state index in [9.17, 15) is 9.18 Å². The molecule has 1 unspecified atom stereocenters. The second-order valence-electron chi connectivity index (χ2n) is 6.11. The van der Waals surface area contributed by atoms with E-state index >= 15 is 0 Å². The van der Waals surface area contributed by atoms with Gasteiger partial charge in [0.05, 0.1) is 0 Å². The van der Waals surface area contributed by atoms with Crippen LogP contribution in [0.15, 0.2) is 12.1 Å². The zero-order valence-electron chi connectivity index (χ0n) is 12.4. The van der Waals surface area contributed by atoms with Crippen LogP contribution in [0.2, 0.25) is 0 Å². The van der Waals surface area contributed by atoms with Gasteiger partial charge >= 0.3 is 0 Å². The standard InChI is InChI=1S/C16H22FN3O/c1-11-14(17)8-12(9-15(11)18)16(21)20-7-4-13(10-20)19-5-2-3-6-19/h8-9,13H,2-7,10,18H2,1H3. The molecule has 0 spiro atoms. The number of rotatable bonds is 2. The highest BCUT2D eigenvalue weighted by Gasteiger charge is 2.32. The van der Waals surface area contributed by atoms with Crippen LogP contribution in [-0.2, 0) is 0 Å². The van der Waals surface area contributed by atoms with E-state index in [0.717, 1.165) is 32.6 Å². The molecule has 2 N–H and O–H groups in total.